The highest BCUT2D eigenvalue weighted by Crippen LogP contribution is 2.17. The Morgan fingerprint density at radius 3 is 1.93 bits per heavy atom. The van der Waals surface area contributed by atoms with E-state index >= 15 is 0 Å². The fraction of sp³-hybridized carbons (Fsp3) is 0.600. The van der Waals surface area contributed by atoms with Crippen molar-refractivity contribution in [3.8, 4) is 0 Å². The Morgan fingerprint density at radius 1 is 0.600 bits per heavy atom. The minimum Gasteiger partial charge on any atom is -0.0883 e. The Hall–Kier alpha value is -2.08. The Labute approximate surface area is 251 Å². The second-order valence-electron chi connectivity index (χ2n) is 13.0. The monoisotopic (exact) mass is 547 g/mol. The van der Waals surface area contributed by atoms with Gasteiger partial charge in [0, 0.05) is 0 Å². The van der Waals surface area contributed by atoms with E-state index in [0.29, 0.717) is 5.92 Å². The Kier molecular flexibility index (Phi) is 23.4. The van der Waals surface area contributed by atoms with Gasteiger partial charge in [-0.1, -0.05) is 129 Å². The highest BCUT2D eigenvalue weighted by Gasteiger charge is 2.00. The van der Waals surface area contributed by atoms with Crippen LogP contribution in [0.5, 0.6) is 0 Å². The largest absolute Gasteiger partial charge is 0.0883 e. The molecule has 0 aliphatic carbocycles. The summed E-state index contributed by atoms with van der Waals surface area (Å²) in [6, 6.07) is 0. The van der Waals surface area contributed by atoms with Crippen molar-refractivity contribution < 1.29 is 0 Å². The second-order valence-corrected chi connectivity index (χ2v) is 13.0. The van der Waals surface area contributed by atoms with Gasteiger partial charge in [-0.25, -0.2) is 0 Å². The molecule has 226 valence electrons. The van der Waals surface area contributed by atoms with E-state index in [0.717, 1.165) is 31.1 Å². The van der Waals surface area contributed by atoms with Crippen molar-refractivity contribution in [2.24, 2.45) is 17.8 Å². The number of rotatable bonds is 21. The van der Waals surface area contributed by atoms with Gasteiger partial charge in [-0.15, -0.1) is 0 Å². The van der Waals surface area contributed by atoms with E-state index in [1.165, 1.54) is 68.1 Å². The van der Waals surface area contributed by atoms with E-state index in [2.05, 4.69) is 136 Å². The van der Waals surface area contributed by atoms with Gasteiger partial charge in [-0.3, -0.25) is 0 Å². The van der Waals surface area contributed by atoms with Crippen LogP contribution in [0.3, 0.4) is 0 Å². The fourth-order valence-corrected chi connectivity index (χ4v) is 4.48. The summed E-state index contributed by atoms with van der Waals surface area (Å²) in [5.74, 6) is 2.14. The molecule has 0 heteroatoms. The van der Waals surface area contributed by atoms with Crippen LogP contribution >= 0.6 is 0 Å². The Morgan fingerprint density at radius 2 is 1.23 bits per heavy atom. The molecule has 0 N–H and O–H groups in total. The van der Waals surface area contributed by atoms with Crippen LogP contribution in [0.15, 0.2) is 94.7 Å². The minimum atomic E-state index is 0.565. The first-order valence-electron chi connectivity index (χ1n) is 16.3. The van der Waals surface area contributed by atoms with Crippen molar-refractivity contribution in [1.29, 1.82) is 0 Å². The Bertz CT molecular complexity index is 886. The zero-order chi connectivity index (χ0) is 30.2. The summed E-state index contributed by atoms with van der Waals surface area (Å²) in [4.78, 5) is 0. The lowest BCUT2D eigenvalue weighted by molar-refractivity contribution is 0.544. The van der Waals surface area contributed by atoms with Crippen molar-refractivity contribution in [1.82, 2.24) is 0 Å². The molecule has 0 rings (SSSR count). The summed E-state index contributed by atoms with van der Waals surface area (Å²) in [6.07, 6.45) is 38.8. The predicted molar refractivity (Wildman–Crippen MR) is 186 cm³/mol. The zero-order valence-electron chi connectivity index (χ0n) is 28.4. The molecule has 0 spiro atoms. The van der Waals surface area contributed by atoms with Crippen LogP contribution in [0.25, 0.3) is 0 Å². The highest BCUT2D eigenvalue weighted by molar-refractivity contribution is 5.25. The number of hydrogen-bond donors (Lipinski definition) is 0. The van der Waals surface area contributed by atoms with Crippen molar-refractivity contribution in [3.63, 3.8) is 0 Å². The fourth-order valence-electron chi connectivity index (χ4n) is 4.48. The smallest absolute Gasteiger partial charge is 0.0224 e. The Balaban J connectivity index is 4.20. The first-order valence-corrected chi connectivity index (χ1v) is 16.3. The summed E-state index contributed by atoms with van der Waals surface area (Å²) in [7, 11) is 0. The van der Waals surface area contributed by atoms with E-state index in [-0.39, 0.29) is 0 Å². The van der Waals surface area contributed by atoms with Crippen LogP contribution in [0.2, 0.25) is 0 Å². The van der Waals surface area contributed by atoms with Gasteiger partial charge >= 0.3 is 0 Å². The van der Waals surface area contributed by atoms with Crippen LogP contribution in [0, 0.1) is 17.8 Å². The SMILES string of the molecule is CC(C)=CCC/C(C)=C/C=C/C(C)=C/C=C/C(C)C/C=C\CC(C)CC/C=C(\C)CC/C=C(\C)CCCC(C)C. The molecule has 0 aliphatic rings. The second kappa shape index (κ2) is 24.7. The number of allylic oxidation sites excluding steroid dienone is 16. The van der Waals surface area contributed by atoms with Gasteiger partial charge in [-0.2, -0.15) is 0 Å². The molecule has 0 aromatic heterocycles. The molecule has 0 saturated heterocycles. The third kappa shape index (κ3) is 26.2. The molecule has 0 amide bonds. The molecule has 0 bridgehead atoms. The molecule has 2 unspecified atom stereocenters. The minimum absolute atomic E-state index is 0.565. The maximum atomic E-state index is 2.48. The zero-order valence-corrected chi connectivity index (χ0v) is 28.4. The molecule has 0 saturated carbocycles. The van der Waals surface area contributed by atoms with Gasteiger partial charge in [0.15, 0.2) is 0 Å². The van der Waals surface area contributed by atoms with Crippen LogP contribution in [-0.2, 0) is 0 Å². The average molecular weight is 547 g/mol. The van der Waals surface area contributed by atoms with E-state index < -0.39 is 0 Å². The van der Waals surface area contributed by atoms with E-state index in [4.69, 9.17) is 0 Å². The molecular weight excluding hydrogens is 480 g/mol. The lowest BCUT2D eigenvalue weighted by Crippen LogP contribution is -1.92. The first-order chi connectivity index (χ1) is 19.0. The van der Waals surface area contributed by atoms with Crippen LogP contribution in [0.1, 0.15) is 140 Å². The summed E-state index contributed by atoms with van der Waals surface area (Å²) >= 11 is 0. The van der Waals surface area contributed by atoms with Gasteiger partial charge in [0.05, 0.1) is 0 Å². The number of hydrogen-bond acceptors (Lipinski definition) is 0. The van der Waals surface area contributed by atoms with E-state index in [1.807, 2.05) is 0 Å². The molecule has 0 nitrogen and oxygen atoms in total. The van der Waals surface area contributed by atoms with Gasteiger partial charge in [0.1, 0.15) is 0 Å². The maximum absolute atomic E-state index is 2.48. The quantitative estimate of drug-likeness (QED) is 0.0991. The van der Waals surface area contributed by atoms with Crippen LogP contribution < -0.4 is 0 Å². The topological polar surface area (TPSA) is 0 Å². The summed E-state index contributed by atoms with van der Waals surface area (Å²) < 4.78 is 0. The van der Waals surface area contributed by atoms with E-state index in [9.17, 15) is 0 Å². The van der Waals surface area contributed by atoms with Crippen LogP contribution in [0.4, 0.5) is 0 Å². The third-order valence-electron chi connectivity index (χ3n) is 7.38. The molecule has 0 fully saturated rings. The lowest BCUT2D eigenvalue weighted by Gasteiger charge is -2.08. The highest BCUT2D eigenvalue weighted by atomic mass is 14.1. The van der Waals surface area contributed by atoms with Gasteiger partial charge in [-0.05, 0) is 124 Å². The standard InChI is InChI=1S/C40H66/c1-33(2)19-13-23-37(7)27-17-31-39(9)29-15-25-35(5)21-11-12-22-36(6)26-16-30-40(10)32-18-28-38(8)24-14-20-34(3)4/h11-12,15,17,19,25,27-31,34-36H,13-14,16,18,20-24,26,32H2,1-10H3/b12-11-,25-15+,31-17+,37-27+,38-28+,39-29+,40-30+. The lowest BCUT2D eigenvalue weighted by atomic mass is 9.98. The third-order valence-corrected chi connectivity index (χ3v) is 7.38. The van der Waals surface area contributed by atoms with Gasteiger partial charge in [0.25, 0.3) is 0 Å². The molecule has 0 radical (unpaired) electrons. The van der Waals surface area contributed by atoms with Crippen molar-refractivity contribution in [2.45, 2.75) is 140 Å². The molecule has 0 heterocycles. The molecule has 2 atom stereocenters. The normalized spacial score (nSPS) is 15.7. The molecule has 0 aromatic rings. The predicted octanol–water partition coefficient (Wildman–Crippen LogP) is 13.6. The first kappa shape index (κ1) is 37.9. The maximum Gasteiger partial charge on any atom is -0.0224 e. The summed E-state index contributed by atoms with van der Waals surface area (Å²) in [5.41, 5.74) is 7.24. The van der Waals surface area contributed by atoms with Crippen molar-refractivity contribution in [2.75, 3.05) is 0 Å². The van der Waals surface area contributed by atoms with Gasteiger partial charge in [0.2, 0.25) is 0 Å². The summed E-state index contributed by atoms with van der Waals surface area (Å²) in [5, 5.41) is 0. The molecular formula is C40H66. The van der Waals surface area contributed by atoms with Crippen LogP contribution in [-0.4, -0.2) is 0 Å². The summed E-state index contributed by atoms with van der Waals surface area (Å²) in [6.45, 7) is 22.7. The van der Waals surface area contributed by atoms with Gasteiger partial charge < -0.3 is 0 Å². The molecule has 0 aliphatic heterocycles. The molecule has 0 aromatic carbocycles. The van der Waals surface area contributed by atoms with Crippen molar-refractivity contribution >= 4 is 0 Å². The molecule has 40 heavy (non-hydrogen) atoms. The van der Waals surface area contributed by atoms with E-state index in [1.54, 1.807) is 11.1 Å². The average Bonchev–Trinajstić information content (AvgIpc) is 2.86. The van der Waals surface area contributed by atoms with Crippen molar-refractivity contribution in [3.05, 3.63) is 94.7 Å².